The number of nitrogens with zero attached hydrogens (tertiary/aromatic N) is 4. The molecule has 0 amide bonds. The SMILES string of the molecule is CN=C(NC1CCCN(c2cnn(C)c2)C1)NC1C2CCCOC2C1(C)C.I. The highest BCUT2D eigenvalue weighted by Gasteiger charge is 2.58. The quantitative estimate of drug-likeness (QED) is 0.378. The molecule has 1 saturated carbocycles. The minimum absolute atomic E-state index is 0. The van der Waals surface area contributed by atoms with E-state index in [2.05, 4.69) is 45.7 Å². The lowest BCUT2D eigenvalue weighted by Crippen LogP contribution is -2.71. The van der Waals surface area contributed by atoms with E-state index in [1.165, 1.54) is 31.4 Å². The number of hydrogen-bond donors (Lipinski definition) is 2. The Balaban J connectivity index is 0.00000225. The molecule has 3 heterocycles. The monoisotopic (exact) mass is 502 g/mol. The van der Waals surface area contributed by atoms with Gasteiger partial charge in [0.2, 0.25) is 0 Å². The molecule has 158 valence electrons. The van der Waals surface area contributed by atoms with Gasteiger partial charge in [0.25, 0.3) is 0 Å². The zero-order chi connectivity index (χ0) is 19.0. The molecule has 0 spiro atoms. The Bertz CT molecular complexity index is 690. The van der Waals surface area contributed by atoms with E-state index in [0.29, 0.717) is 24.1 Å². The summed E-state index contributed by atoms with van der Waals surface area (Å²) in [7, 11) is 3.84. The Labute approximate surface area is 185 Å². The lowest BCUT2D eigenvalue weighted by Gasteiger charge is -2.60. The summed E-state index contributed by atoms with van der Waals surface area (Å²) >= 11 is 0. The predicted molar refractivity (Wildman–Crippen MR) is 124 cm³/mol. The maximum absolute atomic E-state index is 6.04. The topological polar surface area (TPSA) is 66.7 Å². The first-order valence-corrected chi connectivity index (χ1v) is 10.3. The Morgan fingerprint density at radius 3 is 2.82 bits per heavy atom. The fourth-order valence-electron chi connectivity index (χ4n) is 5.23. The third kappa shape index (κ3) is 4.13. The lowest BCUT2D eigenvalue weighted by atomic mass is 9.55. The number of fused-ring (bicyclic) bond motifs is 1. The maximum Gasteiger partial charge on any atom is 0.191 e. The van der Waals surface area contributed by atoms with E-state index >= 15 is 0 Å². The van der Waals surface area contributed by atoms with Crippen molar-refractivity contribution in [2.45, 2.75) is 57.7 Å². The minimum Gasteiger partial charge on any atom is -0.377 e. The number of anilines is 1. The number of aliphatic imine (C=N–C) groups is 1. The largest absolute Gasteiger partial charge is 0.377 e. The van der Waals surface area contributed by atoms with Crippen molar-refractivity contribution in [1.82, 2.24) is 20.4 Å². The van der Waals surface area contributed by atoms with E-state index in [9.17, 15) is 0 Å². The molecule has 8 heteroatoms. The molecule has 0 aromatic carbocycles. The number of aromatic nitrogens is 2. The van der Waals surface area contributed by atoms with E-state index < -0.39 is 0 Å². The number of halogens is 1. The van der Waals surface area contributed by atoms with Crippen LogP contribution in [0.2, 0.25) is 0 Å². The Morgan fingerprint density at radius 1 is 1.29 bits per heavy atom. The summed E-state index contributed by atoms with van der Waals surface area (Å²) < 4.78 is 7.91. The molecular formula is C20H35IN6O. The van der Waals surface area contributed by atoms with Gasteiger partial charge in [-0.2, -0.15) is 5.10 Å². The maximum atomic E-state index is 6.04. The van der Waals surface area contributed by atoms with Gasteiger partial charge in [-0.3, -0.25) is 9.67 Å². The molecule has 2 saturated heterocycles. The molecule has 2 aliphatic heterocycles. The first-order chi connectivity index (χ1) is 13.0. The number of guanidine groups is 1. The average molecular weight is 502 g/mol. The fourth-order valence-corrected chi connectivity index (χ4v) is 5.23. The Hall–Kier alpha value is -1.03. The van der Waals surface area contributed by atoms with Crippen LogP contribution >= 0.6 is 24.0 Å². The minimum atomic E-state index is 0. The molecule has 28 heavy (non-hydrogen) atoms. The van der Waals surface area contributed by atoms with Crippen LogP contribution in [0.3, 0.4) is 0 Å². The first kappa shape index (κ1) is 21.7. The molecule has 4 rings (SSSR count). The standard InChI is InChI=1S/C20H34N6O.HI/c1-20(2)17(16-8-6-10-27-18(16)20)24-19(21-3)23-14-7-5-9-26(12-14)15-11-22-25(4)13-15;/h11,13-14,16-18H,5-10,12H2,1-4H3,(H2,21,23,24);1H. The second kappa shape index (κ2) is 8.77. The molecule has 1 aliphatic carbocycles. The van der Waals surface area contributed by atoms with E-state index in [0.717, 1.165) is 25.7 Å². The van der Waals surface area contributed by atoms with Gasteiger partial charge in [0.15, 0.2) is 5.96 Å². The molecule has 7 nitrogen and oxygen atoms in total. The molecule has 3 aliphatic rings. The second-order valence-corrected chi connectivity index (χ2v) is 8.91. The van der Waals surface area contributed by atoms with Crippen molar-refractivity contribution in [2.24, 2.45) is 23.4 Å². The van der Waals surface area contributed by atoms with Crippen molar-refractivity contribution in [3.63, 3.8) is 0 Å². The van der Waals surface area contributed by atoms with Gasteiger partial charge in [-0.15, -0.1) is 24.0 Å². The molecule has 2 N–H and O–H groups in total. The molecule has 4 unspecified atom stereocenters. The summed E-state index contributed by atoms with van der Waals surface area (Å²) in [6, 6.07) is 0.818. The molecule has 3 fully saturated rings. The number of nitrogens with one attached hydrogen (secondary N) is 2. The highest BCUT2D eigenvalue weighted by molar-refractivity contribution is 14.0. The van der Waals surface area contributed by atoms with Gasteiger partial charge in [-0.05, 0) is 25.7 Å². The smallest absolute Gasteiger partial charge is 0.191 e. The normalized spacial score (nSPS) is 32.0. The zero-order valence-corrected chi connectivity index (χ0v) is 19.8. The van der Waals surface area contributed by atoms with Crippen molar-refractivity contribution in [2.75, 3.05) is 31.6 Å². The zero-order valence-electron chi connectivity index (χ0n) is 17.5. The van der Waals surface area contributed by atoms with E-state index in [-0.39, 0.29) is 29.4 Å². The second-order valence-electron chi connectivity index (χ2n) is 8.91. The first-order valence-electron chi connectivity index (χ1n) is 10.3. The van der Waals surface area contributed by atoms with Gasteiger partial charge >= 0.3 is 0 Å². The Morgan fingerprint density at radius 2 is 2.11 bits per heavy atom. The summed E-state index contributed by atoms with van der Waals surface area (Å²) in [4.78, 5) is 6.94. The van der Waals surface area contributed by atoms with Crippen LogP contribution in [0.4, 0.5) is 5.69 Å². The Kier molecular flexibility index (Phi) is 6.79. The van der Waals surface area contributed by atoms with Crippen LogP contribution in [0.1, 0.15) is 39.5 Å². The summed E-state index contributed by atoms with van der Waals surface area (Å²) in [6.45, 7) is 7.61. The molecule has 0 bridgehead atoms. The molecule has 0 radical (unpaired) electrons. The number of piperidine rings is 1. The molecule has 1 aromatic heterocycles. The number of aryl methyl sites for hydroxylation is 1. The molecule has 1 aromatic rings. The fraction of sp³-hybridized carbons (Fsp3) is 0.800. The van der Waals surface area contributed by atoms with E-state index in [1.807, 2.05) is 25.0 Å². The number of rotatable bonds is 3. The van der Waals surface area contributed by atoms with Gasteiger partial charge in [0.05, 0.1) is 18.0 Å². The van der Waals surface area contributed by atoms with Crippen molar-refractivity contribution < 1.29 is 4.74 Å². The summed E-state index contributed by atoms with van der Waals surface area (Å²) in [5.74, 6) is 1.53. The van der Waals surface area contributed by atoms with Crippen molar-refractivity contribution in [3.8, 4) is 0 Å². The van der Waals surface area contributed by atoms with Crippen molar-refractivity contribution >= 4 is 35.6 Å². The van der Waals surface area contributed by atoms with Crippen LogP contribution in [-0.4, -0.2) is 60.7 Å². The van der Waals surface area contributed by atoms with Crippen LogP contribution in [0.25, 0.3) is 0 Å². The average Bonchev–Trinajstić information content (AvgIpc) is 3.11. The lowest BCUT2D eigenvalue weighted by molar-refractivity contribution is -0.188. The summed E-state index contributed by atoms with van der Waals surface area (Å²) in [5.41, 5.74) is 1.35. The summed E-state index contributed by atoms with van der Waals surface area (Å²) in [5, 5.41) is 11.7. The predicted octanol–water partition coefficient (Wildman–Crippen LogP) is 2.38. The highest BCUT2D eigenvalue weighted by Crippen LogP contribution is 2.51. The van der Waals surface area contributed by atoms with Gasteiger partial charge in [-0.1, -0.05) is 13.8 Å². The van der Waals surface area contributed by atoms with Crippen LogP contribution in [-0.2, 0) is 11.8 Å². The number of hydrogen-bond acceptors (Lipinski definition) is 4. The molecule has 4 atom stereocenters. The van der Waals surface area contributed by atoms with Gasteiger partial charge in [0.1, 0.15) is 0 Å². The van der Waals surface area contributed by atoms with Gasteiger partial charge < -0.3 is 20.3 Å². The van der Waals surface area contributed by atoms with E-state index in [1.54, 1.807) is 0 Å². The molecular weight excluding hydrogens is 467 g/mol. The third-order valence-electron chi connectivity index (χ3n) is 6.67. The van der Waals surface area contributed by atoms with E-state index in [4.69, 9.17) is 4.74 Å². The van der Waals surface area contributed by atoms with Gasteiger partial charge in [-0.25, -0.2) is 0 Å². The third-order valence-corrected chi connectivity index (χ3v) is 6.67. The summed E-state index contributed by atoms with van der Waals surface area (Å²) in [6.07, 6.45) is 9.20. The van der Waals surface area contributed by atoms with Crippen LogP contribution in [0.5, 0.6) is 0 Å². The van der Waals surface area contributed by atoms with Crippen LogP contribution in [0, 0.1) is 11.3 Å². The van der Waals surface area contributed by atoms with Crippen molar-refractivity contribution in [3.05, 3.63) is 12.4 Å². The van der Waals surface area contributed by atoms with Crippen LogP contribution < -0.4 is 15.5 Å². The van der Waals surface area contributed by atoms with Crippen molar-refractivity contribution in [1.29, 1.82) is 0 Å². The highest BCUT2D eigenvalue weighted by atomic mass is 127. The number of ether oxygens (including phenoxy) is 1. The van der Waals surface area contributed by atoms with Crippen LogP contribution in [0.15, 0.2) is 17.4 Å². The van der Waals surface area contributed by atoms with Gasteiger partial charge in [0, 0.05) is 63.4 Å².